The van der Waals surface area contributed by atoms with Gasteiger partial charge in [-0.25, -0.2) is 18.4 Å². The summed E-state index contributed by atoms with van der Waals surface area (Å²) in [7, 11) is 0. The predicted octanol–water partition coefficient (Wildman–Crippen LogP) is 2.08. The van der Waals surface area contributed by atoms with E-state index in [1.807, 2.05) is 5.32 Å². The molecule has 98 valence electrons. The number of nitrogens with one attached hydrogen (secondary N) is 1. The molecule has 0 heterocycles. The smallest absolute Gasteiger partial charge is 0.412 e. The number of amides is 1. The highest BCUT2D eigenvalue weighted by molar-refractivity contribution is 5.86. The van der Waals surface area contributed by atoms with Crippen molar-refractivity contribution in [3.05, 3.63) is 29.8 Å². The second-order valence-corrected chi connectivity index (χ2v) is 3.10. The third kappa shape index (κ3) is 4.00. The second-order valence-electron chi connectivity index (χ2n) is 3.10. The summed E-state index contributed by atoms with van der Waals surface area (Å²) in [6.07, 6.45) is -1.15. The summed E-state index contributed by atoms with van der Waals surface area (Å²) >= 11 is 0. The van der Waals surface area contributed by atoms with Crippen LogP contribution in [0, 0.1) is 11.6 Å². The van der Waals surface area contributed by atoms with Gasteiger partial charge in [0.2, 0.25) is 0 Å². The molecule has 1 rings (SSSR count). The molecular formula is C11H11F2NO4. The molecule has 0 aromatic heterocycles. The zero-order chi connectivity index (χ0) is 13.5. The number of ether oxygens (including phenoxy) is 2. The van der Waals surface area contributed by atoms with Crippen LogP contribution >= 0.6 is 0 Å². The molecule has 1 amide bonds. The molecule has 5 nitrogen and oxygen atoms in total. The van der Waals surface area contributed by atoms with Crippen molar-refractivity contribution in [1.29, 1.82) is 0 Å². The Labute approximate surface area is 102 Å². The Morgan fingerprint density at radius 1 is 1.22 bits per heavy atom. The predicted molar refractivity (Wildman–Crippen MR) is 58.0 cm³/mol. The molecule has 0 unspecified atom stereocenters. The fourth-order valence-electron chi connectivity index (χ4n) is 1.08. The minimum Gasteiger partial charge on any atom is -0.463 e. The van der Waals surface area contributed by atoms with Crippen LogP contribution in [0.2, 0.25) is 0 Å². The Balaban J connectivity index is 2.52. The standard InChI is InChI=1S/C11H11F2NO4/c1-2-17-9(15)6-18-11(16)14-10-7(12)4-3-5-8(10)13/h3-5H,2,6H2,1H3,(H,14,16). The Kier molecular flexibility index (Phi) is 5.04. The van der Waals surface area contributed by atoms with E-state index in [1.54, 1.807) is 6.92 Å². The first-order chi connectivity index (χ1) is 8.54. The Morgan fingerprint density at radius 3 is 2.39 bits per heavy atom. The normalized spacial score (nSPS) is 9.72. The molecule has 0 fully saturated rings. The number of halogens is 2. The van der Waals surface area contributed by atoms with Crippen LogP contribution in [-0.2, 0) is 14.3 Å². The van der Waals surface area contributed by atoms with E-state index in [0.29, 0.717) is 0 Å². The number of para-hydroxylation sites is 1. The molecule has 0 spiro atoms. The van der Waals surface area contributed by atoms with Gasteiger partial charge in [0.25, 0.3) is 0 Å². The number of carbonyl (C=O) groups is 2. The summed E-state index contributed by atoms with van der Waals surface area (Å²) in [4.78, 5) is 22.0. The fraction of sp³-hybridized carbons (Fsp3) is 0.273. The van der Waals surface area contributed by atoms with Gasteiger partial charge in [-0.15, -0.1) is 0 Å². The number of anilines is 1. The van der Waals surface area contributed by atoms with Gasteiger partial charge in [0, 0.05) is 0 Å². The van der Waals surface area contributed by atoms with Crippen LogP contribution in [0.1, 0.15) is 6.92 Å². The van der Waals surface area contributed by atoms with E-state index in [2.05, 4.69) is 9.47 Å². The number of hydrogen-bond donors (Lipinski definition) is 1. The number of rotatable bonds is 4. The van der Waals surface area contributed by atoms with Crippen LogP contribution in [0.15, 0.2) is 18.2 Å². The van der Waals surface area contributed by atoms with Gasteiger partial charge in [-0.2, -0.15) is 0 Å². The fourth-order valence-corrected chi connectivity index (χ4v) is 1.08. The highest BCUT2D eigenvalue weighted by atomic mass is 19.1. The Bertz CT molecular complexity index is 430. The lowest BCUT2D eigenvalue weighted by molar-refractivity contribution is -0.146. The highest BCUT2D eigenvalue weighted by Gasteiger charge is 2.13. The van der Waals surface area contributed by atoms with Gasteiger partial charge in [-0.05, 0) is 19.1 Å². The van der Waals surface area contributed by atoms with E-state index in [1.165, 1.54) is 0 Å². The lowest BCUT2D eigenvalue weighted by Gasteiger charge is -2.08. The molecule has 7 heteroatoms. The molecule has 1 aromatic carbocycles. The van der Waals surface area contributed by atoms with E-state index >= 15 is 0 Å². The van der Waals surface area contributed by atoms with E-state index < -0.39 is 36.0 Å². The molecular weight excluding hydrogens is 248 g/mol. The number of benzene rings is 1. The molecule has 0 aliphatic heterocycles. The Morgan fingerprint density at radius 2 is 1.83 bits per heavy atom. The van der Waals surface area contributed by atoms with Crippen molar-refractivity contribution in [2.45, 2.75) is 6.92 Å². The van der Waals surface area contributed by atoms with Crippen molar-refractivity contribution < 1.29 is 27.8 Å². The van der Waals surface area contributed by atoms with Crippen molar-refractivity contribution in [2.24, 2.45) is 0 Å². The molecule has 0 saturated heterocycles. The first kappa shape index (κ1) is 13.9. The van der Waals surface area contributed by atoms with Gasteiger partial charge in [0.15, 0.2) is 6.61 Å². The van der Waals surface area contributed by atoms with Crippen molar-refractivity contribution in [3.63, 3.8) is 0 Å². The van der Waals surface area contributed by atoms with Crippen LogP contribution in [0.3, 0.4) is 0 Å². The third-order valence-corrected chi connectivity index (χ3v) is 1.82. The molecule has 0 bridgehead atoms. The molecule has 0 aliphatic rings. The maximum atomic E-state index is 13.1. The van der Waals surface area contributed by atoms with E-state index in [4.69, 9.17) is 0 Å². The van der Waals surface area contributed by atoms with Gasteiger partial charge >= 0.3 is 12.1 Å². The summed E-state index contributed by atoms with van der Waals surface area (Å²) in [6.45, 7) is 1.11. The summed E-state index contributed by atoms with van der Waals surface area (Å²) in [5, 5.41) is 1.86. The molecule has 0 aliphatic carbocycles. The number of hydrogen-bond acceptors (Lipinski definition) is 4. The number of carbonyl (C=O) groups excluding carboxylic acids is 2. The van der Waals surface area contributed by atoms with Crippen LogP contribution in [0.25, 0.3) is 0 Å². The third-order valence-electron chi connectivity index (χ3n) is 1.82. The minimum atomic E-state index is -1.15. The van der Waals surface area contributed by atoms with E-state index in [0.717, 1.165) is 18.2 Å². The monoisotopic (exact) mass is 259 g/mol. The summed E-state index contributed by atoms with van der Waals surface area (Å²) < 4.78 is 35.2. The first-order valence-electron chi connectivity index (χ1n) is 5.08. The maximum Gasteiger partial charge on any atom is 0.412 e. The lowest BCUT2D eigenvalue weighted by atomic mass is 10.3. The average Bonchev–Trinajstić information content (AvgIpc) is 2.32. The van der Waals surface area contributed by atoms with Crippen molar-refractivity contribution in [3.8, 4) is 0 Å². The zero-order valence-corrected chi connectivity index (χ0v) is 9.54. The van der Waals surface area contributed by atoms with Crippen molar-refractivity contribution in [1.82, 2.24) is 0 Å². The quantitative estimate of drug-likeness (QED) is 0.841. The van der Waals surface area contributed by atoms with Crippen LogP contribution in [-0.4, -0.2) is 25.3 Å². The second kappa shape index (κ2) is 6.53. The molecule has 1 N–H and O–H groups in total. The molecule has 0 saturated carbocycles. The topological polar surface area (TPSA) is 64.6 Å². The van der Waals surface area contributed by atoms with E-state index in [-0.39, 0.29) is 6.61 Å². The molecule has 0 atom stereocenters. The van der Waals surface area contributed by atoms with Crippen LogP contribution in [0.4, 0.5) is 19.3 Å². The van der Waals surface area contributed by atoms with Gasteiger partial charge in [0.05, 0.1) is 6.61 Å². The SMILES string of the molecule is CCOC(=O)COC(=O)Nc1c(F)cccc1F. The molecule has 0 radical (unpaired) electrons. The minimum absolute atomic E-state index is 0.145. The molecule has 1 aromatic rings. The van der Waals surface area contributed by atoms with Crippen LogP contribution < -0.4 is 5.32 Å². The van der Waals surface area contributed by atoms with Gasteiger partial charge in [0.1, 0.15) is 17.3 Å². The number of esters is 1. The average molecular weight is 259 g/mol. The lowest BCUT2D eigenvalue weighted by Crippen LogP contribution is -2.21. The van der Waals surface area contributed by atoms with Crippen molar-refractivity contribution >= 4 is 17.7 Å². The van der Waals surface area contributed by atoms with Gasteiger partial charge < -0.3 is 9.47 Å². The van der Waals surface area contributed by atoms with E-state index in [9.17, 15) is 18.4 Å². The first-order valence-corrected chi connectivity index (χ1v) is 5.08. The largest absolute Gasteiger partial charge is 0.463 e. The van der Waals surface area contributed by atoms with Gasteiger partial charge in [-0.1, -0.05) is 6.07 Å². The summed E-state index contributed by atoms with van der Waals surface area (Å²) in [6, 6.07) is 3.11. The summed E-state index contributed by atoms with van der Waals surface area (Å²) in [5.74, 6) is -2.63. The Hall–Kier alpha value is -2.18. The highest BCUT2D eigenvalue weighted by Crippen LogP contribution is 2.17. The van der Waals surface area contributed by atoms with Crippen LogP contribution in [0.5, 0.6) is 0 Å². The van der Waals surface area contributed by atoms with Gasteiger partial charge in [-0.3, -0.25) is 5.32 Å². The zero-order valence-electron chi connectivity index (χ0n) is 9.54. The maximum absolute atomic E-state index is 13.1. The molecule has 18 heavy (non-hydrogen) atoms. The van der Waals surface area contributed by atoms with Crippen molar-refractivity contribution in [2.75, 3.05) is 18.5 Å². The summed E-state index contributed by atoms with van der Waals surface area (Å²) in [5.41, 5.74) is -0.633.